The molecule has 1 heterocycles. The molecule has 0 aliphatic rings. The Bertz CT molecular complexity index is 206. The minimum Gasteiger partial charge on any atom is -0.309 e. The zero-order valence-electron chi connectivity index (χ0n) is 7.87. The van der Waals surface area contributed by atoms with Crippen molar-refractivity contribution in [1.82, 2.24) is 10.3 Å². The molecule has 0 aliphatic heterocycles. The lowest BCUT2D eigenvalue weighted by Gasteiger charge is -2.16. The minimum atomic E-state index is 0.576. The largest absolute Gasteiger partial charge is 0.309 e. The van der Waals surface area contributed by atoms with Crippen molar-refractivity contribution >= 4 is 11.3 Å². The molecule has 1 aromatic heterocycles. The van der Waals surface area contributed by atoms with E-state index in [1.807, 2.05) is 11.7 Å². The predicted octanol–water partition coefficient (Wildman–Crippen LogP) is 2.28. The first-order valence-electron chi connectivity index (χ1n) is 4.31. The Hall–Kier alpha value is -0.410. The Kier molecular flexibility index (Phi) is 3.69. The quantitative estimate of drug-likeness (QED) is 0.776. The fourth-order valence-corrected chi connectivity index (χ4v) is 1.37. The lowest BCUT2D eigenvalue weighted by atomic mass is 10.1. The van der Waals surface area contributed by atoms with E-state index in [9.17, 15) is 0 Å². The fourth-order valence-electron chi connectivity index (χ4n) is 0.827. The van der Waals surface area contributed by atoms with Crippen molar-refractivity contribution in [2.45, 2.75) is 33.4 Å². The molecular weight excluding hydrogens is 168 g/mol. The lowest BCUT2D eigenvalue weighted by molar-refractivity contribution is 0.427. The Balaban J connectivity index is 2.27. The highest BCUT2D eigenvalue weighted by atomic mass is 32.1. The second-order valence-electron chi connectivity index (χ2n) is 3.38. The molecule has 3 heteroatoms. The van der Waals surface area contributed by atoms with Gasteiger partial charge in [0.25, 0.3) is 0 Å². The van der Waals surface area contributed by atoms with Crippen LogP contribution in [-0.4, -0.2) is 11.0 Å². The Labute approximate surface area is 78.0 Å². The van der Waals surface area contributed by atoms with E-state index in [0.29, 0.717) is 12.0 Å². The second-order valence-corrected chi connectivity index (χ2v) is 4.35. The van der Waals surface area contributed by atoms with Gasteiger partial charge in [-0.15, -0.1) is 11.3 Å². The first-order chi connectivity index (χ1) is 5.70. The van der Waals surface area contributed by atoms with Crippen LogP contribution in [0, 0.1) is 5.92 Å². The van der Waals surface area contributed by atoms with E-state index in [1.54, 1.807) is 11.3 Å². The van der Waals surface area contributed by atoms with Crippen LogP contribution in [0.4, 0.5) is 0 Å². The standard InChI is InChI=1S/C9H16N2S/c1-7(2)8(3)11-5-9-4-10-6-12-9/h4,6-8,11H,5H2,1-3H3/t8-/m0/s1. The normalized spacial score (nSPS) is 13.7. The monoisotopic (exact) mass is 184 g/mol. The summed E-state index contributed by atoms with van der Waals surface area (Å²) in [7, 11) is 0. The summed E-state index contributed by atoms with van der Waals surface area (Å²) < 4.78 is 0. The lowest BCUT2D eigenvalue weighted by Crippen LogP contribution is -2.29. The van der Waals surface area contributed by atoms with E-state index in [-0.39, 0.29) is 0 Å². The Morgan fingerprint density at radius 1 is 1.50 bits per heavy atom. The molecular formula is C9H16N2S. The zero-order valence-corrected chi connectivity index (χ0v) is 8.69. The molecule has 1 atom stereocenters. The highest BCUT2D eigenvalue weighted by molar-refractivity contribution is 7.09. The van der Waals surface area contributed by atoms with Crippen LogP contribution < -0.4 is 5.32 Å². The summed E-state index contributed by atoms with van der Waals surface area (Å²) >= 11 is 1.70. The van der Waals surface area contributed by atoms with Gasteiger partial charge in [-0.1, -0.05) is 13.8 Å². The van der Waals surface area contributed by atoms with Gasteiger partial charge in [0.05, 0.1) is 5.51 Å². The number of nitrogens with one attached hydrogen (secondary N) is 1. The molecule has 68 valence electrons. The van der Waals surface area contributed by atoms with Crippen LogP contribution in [0.2, 0.25) is 0 Å². The molecule has 1 aromatic rings. The van der Waals surface area contributed by atoms with Gasteiger partial charge in [0.15, 0.2) is 0 Å². The molecule has 0 saturated carbocycles. The summed E-state index contributed by atoms with van der Waals surface area (Å²) in [6, 6.07) is 0.576. The van der Waals surface area contributed by atoms with Crippen molar-refractivity contribution < 1.29 is 0 Å². The number of aromatic nitrogens is 1. The number of hydrogen-bond acceptors (Lipinski definition) is 3. The zero-order chi connectivity index (χ0) is 8.97. The van der Waals surface area contributed by atoms with Gasteiger partial charge in [-0.2, -0.15) is 0 Å². The molecule has 1 N–H and O–H groups in total. The van der Waals surface area contributed by atoms with Gasteiger partial charge in [0.2, 0.25) is 0 Å². The van der Waals surface area contributed by atoms with E-state index < -0.39 is 0 Å². The maximum Gasteiger partial charge on any atom is 0.0794 e. The molecule has 0 fully saturated rings. The van der Waals surface area contributed by atoms with Crippen molar-refractivity contribution in [2.24, 2.45) is 5.92 Å². The molecule has 0 spiro atoms. The van der Waals surface area contributed by atoms with Gasteiger partial charge >= 0.3 is 0 Å². The third-order valence-corrected chi connectivity index (χ3v) is 2.86. The van der Waals surface area contributed by atoms with E-state index >= 15 is 0 Å². The smallest absolute Gasteiger partial charge is 0.0794 e. The molecule has 0 radical (unpaired) electrons. The molecule has 0 saturated heterocycles. The number of rotatable bonds is 4. The van der Waals surface area contributed by atoms with Gasteiger partial charge in [0.1, 0.15) is 0 Å². The van der Waals surface area contributed by atoms with E-state index in [4.69, 9.17) is 0 Å². The summed E-state index contributed by atoms with van der Waals surface area (Å²) in [6.07, 6.45) is 1.92. The molecule has 2 nitrogen and oxygen atoms in total. The maximum absolute atomic E-state index is 4.02. The van der Waals surface area contributed by atoms with Crippen LogP contribution >= 0.6 is 11.3 Å². The van der Waals surface area contributed by atoms with Crippen LogP contribution in [0.1, 0.15) is 25.6 Å². The summed E-state index contributed by atoms with van der Waals surface area (Å²) in [5.74, 6) is 0.693. The molecule has 12 heavy (non-hydrogen) atoms. The third kappa shape index (κ3) is 2.91. The van der Waals surface area contributed by atoms with Crippen LogP contribution in [0.3, 0.4) is 0 Å². The fraction of sp³-hybridized carbons (Fsp3) is 0.667. The first kappa shape index (κ1) is 9.68. The van der Waals surface area contributed by atoms with Gasteiger partial charge in [0, 0.05) is 23.7 Å². The van der Waals surface area contributed by atoms with Gasteiger partial charge < -0.3 is 5.32 Å². The first-order valence-corrected chi connectivity index (χ1v) is 5.19. The average molecular weight is 184 g/mol. The van der Waals surface area contributed by atoms with Gasteiger partial charge in [-0.25, -0.2) is 0 Å². The number of thiazole rings is 1. The molecule has 0 aliphatic carbocycles. The summed E-state index contributed by atoms with van der Waals surface area (Å²) in [5, 5.41) is 3.45. The van der Waals surface area contributed by atoms with Crippen molar-refractivity contribution in [3.63, 3.8) is 0 Å². The summed E-state index contributed by atoms with van der Waals surface area (Å²) in [6.45, 7) is 7.62. The number of hydrogen-bond donors (Lipinski definition) is 1. The molecule has 0 bridgehead atoms. The predicted molar refractivity (Wildman–Crippen MR) is 53.3 cm³/mol. The van der Waals surface area contributed by atoms with Gasteiger partial charge in [-0.05, 0) is 12.8 Å². The molecule has 1 rings (SSSR count). The highest BCUT2D eigenvalue weighted by Gasteiger charge is 2.05. The summed E-state index contributed by atoms with van der Waals surface area (Å²) in [4.78, 5) is 5.33. The Morgan fingerprint density at radius 2 is 2.25 bits per heavy atom. The molecule has 0 unspecified atom stereocenters. The van der Waals surface area contributed by atoms with E-state index in [1.165, 1.54) is 4.88 Å². The SMILES string of the molecule is CC(C)[C@H](C)NCc1cncs1. The van der Waals surface area contributed by atoms with Crippen molar-refractivity contribution in [1.29, 1.82) is 0 Å². The highest BCUT2D eigenvalue weighted by Crippen LogP contribution is 2.06. The van der Waals surface area contributed by atoms with Gasteiger partial charge in [-0.3, -0.25) is 4.98 Å². The van der Waals surface area contributed by atoms with Crippen LogP contribution in [-0.2, 0) is 6.54 Å². The summed E-state index contributed by atoms with van der Waals surface area (Å²) in [5.41, 5.74) is 1.87. The van der Waals surface area contributed by atoms with Crippen molar-refractivity contribution in [2.75, 3.05) is 0 Å². The maximum atomic E-state index is 4.02. The van der Waals surface area contributed by atoms with E-state index in [2.05, 4.69) is 31.1 Å². The van der Waals surface area contributed by atoms with Crippen molar-refractivity contribution in [3.05, 3.63) is 16.6 Å². The number of nitrogens with zero attached hydrogens (tertiary/aromatic N) is 1. The van der Waals surface area contributed by atoms with E-state index in [0.717, 1.165) is 6.54 Å². The minimum absolute atomic E-state index is 0.576. The third-order valence-electron chi connectivity index (χ3n) is 2.08. The van der Waals surface area contributed by atoms with Crippen LogP contribution in [0.5, 0.6) is 0 Å². The molecule has 0 amide bonds. The topological polar surface area (TPSA) is 24.9 Å². The van der Waals surface area contributed by atoms with Crippen molar-refractivity contribution in [3.8, 4) is 0 Å². The molecule has 0 aromatic carbocycles. The average Bonchev–Trinajstić information content (AvgIpc) is 2.51. The van der Waals surface area contributed by atoms with Crippen LogP contribution in [0.25, 0.3) is 0 Å². The Morgan fingerprint density at radius 3 is 2.75 bits per heavy atom. The van der Waals surface area contributed by atoms with Crippen LogP contribution in [0.15, 0.2) is 11.7 Å². The second kappa shape index (κ2) is 4.58.